The Balaban J connectivity index is 2.14. The minimum Gasteiger partial charge on any atom is -0.356 e. The van der Waals surface area contributed by atoms with Gasteiger partial charge >= 0.3 is 0 Å². The third-order valence-corrected chi connectivity index (χ3v) is 4.12. The first kappa shape index (κ1) is 15.4. The van der Waals surface area contributed by atoms with Crippen LogP contribution in [0.5, 0.6) is 0 Å². The Morgan fingerprint density at radius 1 is 1.40 bits per heavy atom. The molecule has 1 fully saturated rings. The van der Waals surface area contributed by atoms with Crippen LogP contribution in [0.4, 0.5) is 5.82 Å². The molecule has 0 spiro atoms. The van der Waals surface area contributed by atoms with Gasteiger partial charge in [-0.05, 0) is 38.1 Å². The zero-order chi connectivity index (χ0) is 14.7. The number of piperidine rings is 1. The molecule has 1 aromatic rings. The smallest absolute Gasteiger partial charge is 0.131 e. The lowest BCUT2D eigenvalue weighted by Gasteiger charge is -2.33. The van der Waals surface area contributed by atoms with Crippen LogP contribution in [0.3, 0.4) is 0 Å². The van der Waals surface area contributed by atoms with Gasteiger partial charge in [-0.15, -0.1) is 0 Å². The molecule has 0 radical (unpaired) electrons. The lowest BCUT2D eigenvalue weighted by atomic mass is 10.00. The number of hydrogen-bond acceptors (Lipinski definition) is 3. The molecular weight excluding hydrogens is 248 g/mol. The van der Waals surface area contributed by atoms with Crippen molar-refractivity contribution in [1.82, 2.24) is 15.1 Å². The van der Waals surface area contributed by atoms with Crippen molar-refractivity contribution >= 4 is 5.82 Å². The fourth-order valence-corrected chi connectivity index (χ4v) is 3.16. The van der Waals surface area contributed by atoms with E-state index in [0.717, 1.165) is 31.2 Å². The van der Waals surface area contributed by atoms with E-state index in [1.54, 1.807) is 0 Å². The van der Waals surface area contributed by atoms with Crippen molar-refractivity contribution in [1.29, 1.82) is 0 Å². The molecule has 1 aliphatic rings. The fraction of sp³-hybridized carbons (Fsp3) is 0.812. The summed E-state index contributed by atoms with van der Waals surface area (Å²) in [6, 6.07) is 0. The summed E-state index contributed by atoms with van der Waals surface area (Å²) in [4.78, 5) is 2.53. The molecule has 0 saturated carbocycles. The van der Waals surface area contributed by atoms with Crippen LogP contribution in [-0.2, 0) is 13.6 Å². The van der Waals surface area contributed by atoms with Crippen molar-refractivity contribution in [2.75, 3.05) is 24.5 Å². The van der Waals surface area contributed by atoms with Crippen LogP contribution in [0.15, 0.2) is 0 Å². The molecule has 0 bridgehead atoms. The minimum absolute atomic E-state index is 0.686. The maximum absolute atomic E-state index is 4.64. The molecule has 0 aliphatic carbocycles. The average molecular weight is 278 g/mol. The first-order valence-electron chi connectivity index (χ1n) is 7.97. The Morgan fingerprint density at radius 2 is 2.15 bits per heavy atom. The number of anilines is 1. The predicted molar refractivity (Wildman–Crippen MR) is 85.1 cm³/mol. The van der Waals surface area contributed by atoms with E-state index in [1.165, 1.54) is 30.8 Å². The second kappa shape index (κ2) is 6.61. The second-order valence-corrected chi connectivity index (χ2v) is 6.73. The van der Waals surface area contributed by atoms with Crippen molar-refractivity contribution in [2.24, 2.45) is 18.9 Å². The van der Waals surface area contributed by atoms with Crippen LogP contribution in [0.2, 0.25) is 0 Å². The molecular formula is C16H30N4. The highest BCUT2D eigenvalue weighted by Crippen LogP contribution is 2.27. The van der Waals surface area contributed by atoms with Gasteiger partial charge in [-0.2, -0.15) is 5.10 Å². The zero-order valence-corrected chi connectivity index (χ0v) is 13.7. The molecule has 0 aromatic carbocycles. The summed E-state index contributed by atoms with van der Waals surface area (Å²) < 4.78 is 2.07. The first-order chi connectivity index (χ1) is 9.49. The molecule has 2 heterocycles. The predicted octanol–water partition coefficient (Wildman–Crippen LogP) is 2.71. The van der Waals surface area contributed by atoms with Gasteiger partial charge in [0.1, 0.15) is 5.82 Å². The van der Waals surface area contributed by atoms with Crippen LogP contribution in [0.25, 0.3) is 0 Å². The van der Waals surface area contributed by atoms with E-state index in [2.05, 4.69) is 54.7 Å². The van der Waals surface area contributed by atoms with Gasteiger partial charge in [0, 0.05) is 32.2 Å². The summed E-state index contributed by atoms with van der Waals surface area (Å²) in [6.07, 6.45) is 2.65. The molecule has 4 heteroatoms. The standard InChI is InChI=1S/C16H30N4/c1-12(2)9-17-10-15-14(4)18-19(5)16(15)20-8-6-7-13(3)11-20/h12-13,17H,6-11H2,1-5H3. The topological polar surface area (TPSA) is 33.1 Å². The summed E-state index contributed by atoms with van der Waals surface area (Å²) >= 11 is 0. The average Bonchev–Trinajstić information content (AvgIpc) is 2.64. The maximum Gasteiger partial charge on any atom is 0.131 e. The summed E-state index contributed by atoms with van der Waals surface area (Å²) in [7, 11) is 2.08. The van der Waals surface area contributed by atoms with E-state index >= 15 is 0 Å². The molecule has 1 unspecified atom stereocenters. The third-order valence-electron chi connectivity index (χ3n) is 4.12. The molecule has 1 atom stereocenters. The van der Waals surface area contributed by atoms with Gasteiger partial charge in [0.15, 0.2) is 0 Å². The monoisotopic (exact) mass is 278 g/mol. The number of nitrogens with one attached hydrogen (secondary N) is 1. The van der Waals surface area contributed by atoms with Crippen molar-refractivity contribution < 1.29 is 0 Å². The van der Waals surface area contributed by atoms with Crippen molar-refractivity contribution in [3.63, 3.8) is 0 Å². The van der Waals surface area contributed by atoms with E-state index < -0.39 is 0 Å². The highest BCUT2D eigenvalue weighted by Gasteiger charge is 2.23. The molecule has 4 nitrogen and oxygen atoms in total. The van der Waals surface area contributed by atoms with Crippen LogP contribution in [-0.4, -0.2) is 29.4 Å². The Bertz CT molecular complexity index is 436. The fourth-order valence-electron chi connectivity index (χ4n) is 3.16. The molecule has 20 heavy (non-hydrogen) atoms. The minimum atomic E-state index is 0.686. The Kier molecular flexibility index (Phi) is 5.08. The normalized spacial score (nSPS) is 19.9. The number of rotatable bonds is 5. The van der Waals surface area contributed by atoms with Crippen LogP contribution < -0.4 is 10.2 Å². The number of hydrogen-bond donors (Lipinski definition) is 1. The molecule has 114 valence electrons. The van der Waals surface area contributed by atoms with Crippen LogP contribution in [0.1, 0.15) is 44.9 Å². The summed E-state index contributed by atoms with van der Waals surface area (Å²) in [6.45, 7) is 13.3. The second-order valence-electron chi connectivity index (χ2n) is 6.73. The summed E-state index contributed by atoms with van der Waals surface area (Å²) in [5.74, 6) is 2.80. The maximum atomic E-state index is 4.64. The van der Waals surface area contributed by atoms with Crippen molar-refractivity contribution in [3.05, 3.63) is 11.3 Å². The van der Waals surface area contributed by atoms with E-state index in [4.69, 9.17) is 0 Å². The largest absolute Gasteiger partial charge is 0.356 e. The molecule has 1 saturated heterocycles. The summed E-state index contributed by atoms with van der Waals surface area (Å²) in [5, 5.41) is 8.21. The van der Waals surface area contributed by atoms with Gasteiger partial charge in [-0.25, -0.2) is 0 Å². The SMILES string of the molecule is Cc1nn(C)c(N2CCCC(C)C2)c1CNCC(C)C. The van der Waals surface area contributed by atoms with Gasteiger partial charge in [-0.1, -0.05) is 20.8 Å². The van der Waals surface area contributed by atoms with E-state index in [-0.39, 0.29) is 0 Å². The molecule has 1 aromatic heterocycles. The van der Waals surface area contributed by atoms with Gasteiger partial charge in [0.25, 0.3) is 0 Å². The summed E-state index contributed by atoms with van der Waals surface area (Å²) in [5.41, 5.74) is 2.54. The van der Waals surface area contributed by atoms with Gasteiger partial charge in [-0.3, -0.25) is 4.68 Å². The Labute approximate surface area is 123 Å². The first-order valence-corrected chi connectivity index (χ1v) is 7.97. The van der Waals surface area contributed by atoms with Gasteiger partial charge < -0.3 is 10.2 Å². The Morgan fingerprint density at radius 3 is 2.80 bits per heavy atom. The molecule has 1 aliphatic heterocycles. The van der Waals surface area contributed by atoms with Crippen LogP contribution in [0, 0.1) is 18.8 Å². The van der Waals surface area contributed by atoms with E-state index in [9.17, 15) is 0 Å². The highest BCUT2D eigenvalue weighted by atomic mass is 15.4. The van der Waals surface area contributed by atoms with Gasteiger partial charge in [0.2, 0.25) is 0 Å². The number of aromatic nitrogens is 2. The molecule has 0 amide bonds. The van der Waals surface area contributed by atoms with E-state index in [1.807, 2.05) is 0 Å². The van der Waals surface area contributed by atoms with Crippen molar-refractivity contribution in [3.8, 4) is 0 Å². The highest BCUT2D eigenvalue weighted by molar-refractivity contribution is 5.50. The Hall–Kier alpha value is -1.03. The van der Waals surface area contributed by atoms with Crippen LogP contribution >= 0.6 is 0 Å². The number of nitrogens with zero attached hydrogens (tertiary/aromatic N) is 3. The molecule has 1 N–H and O–H groups in total. The zero-order valence-electron chi connectivity index (χ0n) is 13.7. The quantitative estimate of drug-likeness (QED) is 0.899. The van der Waals surface area contributed by atoms with E-state index in [0.29, 0.717) is 5.92 Å². The number of aryl methyl sites for hydroxylation is 2. The van der Waals surface area contributed by atoms with Gasteiger partial charge in [0.05, 0.1) is 5.69 Å². The lowest BCUT2D eigenvalue weighted by molar-refractivity contribution is 0.439. The third kappa shape index (κ3) is 3.54. The molecule has 2 rings (SSSR count). The lowest BCUT2D eigenvalue weighted by Crippen LogP contribution is -2.36. The van der Waals surface area contributed by atoms with Crippen molar-refractivity contribution in [2.45, 2.75) is 47.1 Å².